The summed E-state index contributed by atoms with van der Waals surface area (Å²) in [7, 11) is 0. The highest BCUT2D eigenvalue weighted by Crippen LogP contribution is 2.55. The topological polar surface area (TPSA) is 98.5 Å². The van der Waals surface area contributed by atoms with Gasteiger partial charge in [-0.05, 0) is 23.7 Å². The summed E-state index contributed by atoms with van der Waals surface area (Å²) in [5, 5.41) is 38.0. The van der Waals surface area contributed by atoms with Crippen LogP contribution >= 0.6 is 0 Å². The molecule has 2 aliphatic rings. The normalized spacial score (nSPS) is 26.4. The monoisotopic (exact) mass is 397 g/mol. The minimum absolute atomic E-state index is 0.182. The van der Waals surface area contributed by atoms with Crippen molar-refractivity contribution in [2.24, 2.45) is 17.3 Å². The molecule has 1 N–H and O–H groups in total. The summed E-state index contributed by atoms with van der Waals surface area (Å²) in [4.78, 5) is 1.99. The number of hydrogen-bond donors (Lipinski definition) is 1. The fraction of sp³-hybridized carbons (Fsp3) is 0.429. The molecule has 1 fully saturated rings. The molecule has 0 radical (unpaired) electrons. The summed E-state index contributed by atoms with van der Waals surface area (Å²) in [6.07, 6.45) is -2.91. The van der Waals surface area contributed by atoms with Gasteiger partial charge in [-0.1, -0.05) is 31.2 Å². The highest BCUT2D eigenvalue weighted by atomic mass is 19.4. The number of rotatable bonds is 2. The van der Waals surface area contributed by atoms with Gasteiger partial charge in [0.25, 0.3) is 0 Å². The van der Waals surface area contributed by atoms with Gasteiger partial charge >= 0.3 is 6.18 Å². The van der Waals surface area contributed by atoms with Crippen molar-refractivity contribution < 1.29 is 13.2 Å². The highest BCUT2D eigenvalue weighted by molar-refractivity contribution is 6.00. The Bertz CT molecular complexity index is 975. The smallest absolute Gasteiger partial charge is 0.305 e. The molecule has 3 rings (SSSR count). The Morgan fingerprint density at radius 2 is 1.86 bits per heavy atom. The maximum absolute atomic E-state index is 13.8. The number of halogens is 3. The summed E-state index contributed by atoms with van der Waals surface area (Å²) < 4.78 is 41.3. The van der Waals surface area contributed by atoms with E-state index in [1.165, 1.54) is 18.2 Å². The molecule has 5 nitrogen and oxygen atoms in total. The molecule has 29 heavy (non-hydrogen) atoms. The van der Waals surface area contributed by atoms with Crippen molar-refractivity contribution in [2.45, 2.75) is 19.0 Å². The van der Waals surface area contributed by atoms with E-state index in [1.54, 1.807) is 6.08 Å². The Labute approximate surface area is 166 Å². The van der Waals surface area contributed by atoms with E-state index in [9.17, 15) is 29.0 Å². The van der Waals surface area contributed by atoms with Crippen LogP contribution < -0.4 is 0 Å². The van der Waals surface area contributed by atoms with Crippen LogP contribution in [0.3, 0.4) is 0 Å². The van der Waals surface area contributed by atoms with E-state index in [1.807, 2.05) is 30.0 Å². The number of benzene rings is 1. The minimum Gasteiger partial charge on any atom is -0.305 e. The van der Waals surface area contributed by atoms with Crippen molar-refractivity contribution >= 4 is 5.71 Å². The van der Waals surface area contributed by atoms with Crippen LogP contribution in [0.25, 0.3) is 0 Å². The van der Waals surface area contributed by atoms with Gasteiger partial charge in [-0.15, -0.1) is 0 Å². The molecule has 3 atom stereocenters. The van der Waals surface area contributed by atoms with E-state index in [-0.39, 0.29) is 5.56 Å². The minimum atomic E-state index is -4.68. The molecule has 0 bridgehead atoms. The molecule has 0 aromatic heterocycles. The molecule has 0 saturated heterocycles. The van der Waals surface area contributed by atoms with Crippen LogP contribution in [-0.2, 0) is 6.18 Å². The van der Waals surface area contributed by atoms with Crippen LogP contribution in [0.1, 0.15) is 24.0 Å². The molecule has 1 saturated carbocycles. The van der Waals surface area contributed by atoms with Crippen LogP contribution in [0.2, 0.25) is 0 Å². The number of nitrogens with zero attached hydrogens (tertiary/aromatic N) is 4. The summed E-state index contributed by atoms with van der Waals surface area (Å²) in [6.45, 7) is 3.37. The number of nitriles is 3. The largest absolute Gasteiger partial charge is 0.416 e. The zero-order chi connectivity index (χ0) is 21.4. The lowest BCUT2D eigenvalue weighted by Gasteiger charge is -2.48. The van der Waals surface area contributed by atoms with Crippen molar-refractivity contribution in [3.05, 3.63) is 47.0 Å². The van der Waals surface area contributed by atoms with Crippen molar-refractivity contribution in [3.63, 3.8) is 0 Å². The molecule has 1 aliphatic heterocycles. The molecule has 1 unspecified atom stereocenters. The van der Waals surface area contributed by atoms with Gasteiger partial charge in [0.1, 0.15) is 5.92 Å². The summed E-state index contributed by atoms with van der Waals surface area (Å²) in [5.74, 6) is -2.94. The average Bonchev–Trinajstić information content (AvgIpc) is 2.72. The molecule has 8 heteroatoms. The number of hydrogen-bond acceptors (Lipinski definition) is 5. The second-order valence-electron chi connectivity index (χ2n) is 7.23. The van der Waals surface area contributed by atoms with Gasteiger partial charge in [-0.3, -0.25) is 4.90 Å². The molecule has 0 amide bonds. The Hall–Kier alpha value is -3.15. The summed E-state index contributed by atoms with van der Waals surface area (Å²) in [5.41, 5.74) is -3.17. The van der Waals surface area contributed by atoms with Gasteiger partial charge in [0.15, 0.2) is 5.41 Å². The SMILES string of the molecule is CCN1CC=C2C(C#N)C(=N)C(C#N)(C#N)[C@@H](c3ccccc3C(F)(F)F)[C@@H]2C1. The van der Waals surface area contributed by atoms with Crippen molar-refractivity contribution in [1.29, 1.82) is 21.2 Å². The first-order valence-electron chi connectivity index (χ1n) is 9.14. The van der Waals surface area contributed by atoms with Crippen LogP contribution in [0.5, 0.6) is 0 Å². The van der Waals surface area contributed by atoms with Crippen LogP contribution in [-0.4, -0.2) is 30.2 Å². The van der Waals surface area contributed by atoms with E-state index in [0.717, 1.165) is 6.07 Å². The Kier molecular flexibility index (Phi) is 5.22. The van der Waals surface area contributed by atoms with E-state index >= 15 is 0 Å². The number of nitrogens with one attached hydrogen (secondary N) is 1. The molecule has 1 heterocycles. The fourth-order valence-electron chi connectivity index (χ4n) is 4.50. The van der Waals surface area contributed by atoms with Gasteiger partial charge in [-0.25, -0.2) is 0 Å². The number of fused-ring (bicyclic) bond motifs is 1. The first-order valence-corrected chi connectivity index (χ1v) is 9.14. The lowest BCUT2D eigenvalue weighted by Crippen LogP contribution is -2.53. The average molecular weight is 397 g/mol. The molecule has 1 aromatic rings. The fourth-order valence-corrected chi connectivity index (χ4v) is 4.50. The summed E-state index contributed by atoms with van der Waals surface area (Å²) in [6, 6.07) is 10.5. The quantitative estimate of drug-likeness (QED) is 0.766. The zero-order valence-electron chi connectivity index (χ0n) is 15.7. The van der Waals surface area contributed by atoms with Crippen molar-refractivity contribution in [1.82, 2.24) is 4.90 Å². The van der Waals surface area contributed by atoms with E-state index in [0.29, 0.717) is 25.2 Å². The molecular formula is C21H18F3N5. The zero-order valence-corrected chi connectivity index (χ0v) is 15.7. The van der Waals surface area contributed by atoms with E-state index in [4.69, 9.17) is 5.41 Å². The van der Waals surface area contributed by atoms with Gasteiger partial charge < -0.3 is 5.41 Å². The molecule has 1 aliphatic carbocycles. The van der Waals surface area contributed by atoms with Crippen LogP contribution in [0.4, 0.5) is 13.2 Å². The molecule has 0 spiro atoms. The van der Waals surface area contributed by atoms with Crippen LogP contribution in [0.15, 0.2) is 35.9 Å². The molecule has 148 valence electrons. The summed E-state index contributed by atoms with van der Waals surface area (Å²) >= 11 is 0. The Morgan fingerprint density at radius 3 is 2.41 bits per heavy atom. The lowest BCUT2D eigenvalue weighted by molar-refractivity contribution is -0.138. The van der Waals surface area contributed by atoms with Gasteiger partial charge in [-0.2, -0.15) is 29.0 Å². The third kappa shape index (κ3) is 3.09. The highest BCUT2D eigenvalue weighted by Gasteiger charge is 2.59. The Balaban J connectivity index is 2.33. The Morgan fingerprint density at radius 1 is 1.21 bits per heavy atom. The van der Waals surface area contributed by atoms with Gasteiger partial charge in [0.2, 0.25) is 0 Å². The first-order chi connectivity index (χ1) is 13.7. The second kappa shape index (κ2) is 7.35. The first kappa shape index (κ1) is 20.6. The van der Waals surface area contributed by atoms with E-state index < -0.39 is 40.6 Å². The maximum Gasteiger partial charge on any atom is 0.416 e. The number of alkyl halides is 3. The third-order valence-corrected chi connectivity index (χ3v) is 5.91. The van der Waals surface area contributed by atoms with Crippen LogP contribution in [0, 0.1) is 56.7 Å². The maximum atomic E-state index is 13.8. The third-order valence-electron chi connectivity index (χ3n) is 5.91. The number of likely N-dealkylation sites (N-methyl/N-ethyl adjacent to an activating group) is 1. The van der Waals surface area contributed by atoms with Gasteiger partial charge in [0.05, 0.1) is 29.5 Å². The van der Waals surface area contributed by atoms with E-state index in [2.05, 4.69) is 0 Å². The van der Waals surface area contributed by atoms with Crippen molar-refractivity contribution in [3.8, 4) is 18.2 Å². The van der Waals surface area contributed by atoms with Crippen molar-refractivity contribution in [2.75, 3.05) is 19.6 Å². The molecular weight excluding hydrogens is 379 g/mol. The standard InChI is InChI=1S/C21H18F3N5/c1-2-29-8-7-13-15(9-25)19(28)20(11-26,12-27)18(16(13)10-29)14-5-3-4-6-17(14)21(22,23)24/h3-7,15-16,18,28H,2,8,10H2,1H3/t15?,16-,18+/m1/s1. The van der Waals surface area contributed by atoms with Gasteiger partial charge in [0, 0.05) is 24.9 Å². The molecule has 1 aromatic carbocycles. The second-order valence-corrected chi connectivity index (χ2v) is 7.23. The predicted molar refractivity (Wildman–Crippen MR) is 98.4 cm³/mol. The lowest BCUT2D eigenvalue weighted by atomic mass is 9.54. The predicted octanol–water partition coefficient (Wildman–Crippen LogP) is 3.87.